The summed E-state index contributed by atoms with van der Waals surface area (Å²) in [5.74, 6) is 4.51. The molecule has 0 aliphatic carbocycles. The van der Waals surface area contributed by atoms with Crippen LogP contribution in [0.4, 0.5) is 0 Å². The molecule has 0 saturated carbocycles. The van der Waals surface area contributed by atoms with Gasteiger partial charge in [-0.05, 0) is 92.3 Å². The molecule has 1 unspecified atom stereocenters. The first-order valence-corrected chi connectivity index (χ1v) is 18.3. The van der Waals surface area contributed by atoms with Crippen LogP contribution >= 0.6 is 23.5 Å². The van der Waals surface area contributed by atoms with Crippen molar-refractivity contribution in [3.63, 3.8) is 0 Å². The van der Waals surface area contributed by atoms with E-state index in [2.05, 4.69) is 115 Å². The van der Waals surface area contributed by atoms with Crippen molar-refractivity contribution in [1.29, 1.82) is 0 Å². The van der Waals surface area contributed by atoms with Gasteiger partial charge in [0, 0.05) is 11.5 Å². The Hall–Kier alpha value is -0.160. The van der Waals surface area contributed by atoms with Crippen LogP contribution in [0.2, 0.25) is 0 Å². The van der Waals surface area contributed by atoms with E-state index in [0.29, 0.717) is 5.92 Å². The van der Waals surface area contributed by atoms with Gasteiger partial charge in [-0.1, -0.05) is 115 Å². The lowest BCUT2D eigenvalue weighted by Gasteiger charge is -2.42. The van der Waals surface area contributed by atoms with Crippen molar-refractivity contribution >= 4 is 23.5 Å². The number of benzene rings is 1. The average Bonchev–Trinajstić information content (AvgIpc) is 2.75. The van der Waals surface area contributed by atoms with E-state index in [0.717, 1.165) is 35.9 Å². The quantitative estimate of drug-likeness (QED) is 0.163. The van der Waals surface area contributed by atoms with Crippen LogP contribution in [-0.2, 0) is 16.2 Å². The predicted molar refractivity (Wildman–Crippen MR) is 189 cm³/mol. The van der Waals surface area contributed by atoms with Crippen LogP contribution in [0, 0.1) is 22.2 Å². The van der Waals surface area contributed by atoms with Gasteiger partial charge in [-0.15, -0.1) is 0 Å². The van der Waals surface area contributed by atoms with Crippen molar-refractivity contribution in [2.24, 2.45) is 22.2 Å². The first-order valence-electron chi connectivity index (χ1n) is 16.0. The lowest BCUT2D eigenvalue weighted by Crippen LogP contribution is -2.33. The Morgan fingerprint density at radius 3 is 1.49 bits per heavy atom. The van der Waals surface area contributed by atoms with E-state index in [1.54, 1.807) is 0 Å². The molecule has 0 spiro atoms. The van der Waals surface area contributed by atoms with Crippen LogP contribution in [0.5, 0.6) is 0 Å². The minimum Gasteiger partial charge on any atom is -0.396 e. The fourth-order valence-electron chi connectivity index (χ4n) is 7.68. The lowest BCUT2D eigenvalue weighted by atomic mass is 9.64. The molecule has 0 aliphatic rings. The molecule has 1 rings (SSSR count). The summed E-state index contributed by atoms with van der Waals surface area (Å²) in [6.07, 6.45) is 4.65. The number of hydrogen-bond donors (Lipinski definition) is 2. The number of rotatable bonds is 18. The van der Waals surface area contributed by atoms with Gasteiger partial charge in [0.2, 0.25) is 0 Å². The normalized spacial score (nSPS) is 14.9. The zero-order chi connectivity index (χ0) is 31.9. The van der Waals surface area contributed by atoms with Gasteiger partial charge in [0.25, 0.3) is 0 Å². The van der Waals surface area contributed by atoms with Gasteiger partial charge in [0.05, 0.1) is 13.2 Å². The van der Waals surface area contributed by atoms with Crippen molar-refractivity contribution in [3.05, 3.63) is 34.9 Å². The third-order valence-corrected chi connectivity index (χ3v) is 11.2. The monoisotopic (exact) mass is 608 g/mol. The van der Waals surface area contributed by atoms with Crippen molar-refractivity contribution in [3.8, 4) is 0 Å². The van der Waals surface area contributed by atoms with Crippen LogP contribution < -0.4 is 0 Å². The molecular weight excluding hydrogens is 541 g/mol. The topological polar surface area (TPSA) is 40.5 Å². The third-order valence-electron chi connectivity index (χ3n) is 8.43. The van der Waals surface area contributed by atoms with Gasteiger partial charge >= 0.3 is 0 Å². The van der Waals surface area contributed by atoms with Crippen LogP contribution in [0.1, 0.15) is 139 Å². The molecule has 1 aromatic rings. The highest BCUT2D eigenvalue weighted by atomic mass is 32.2. The standard InChI is InChI=1S/C37H68O2S2/c1-28(23-40-17-15-38)22-33(5,6)25-36(11,12)30-19-29(32(2,3)4)20-31(21-30)37(13,14)26-34(7,8)24-35(9,10)27-41-18-16-39/h19-21,28,38-39H,15-18,22-27H2,1-14H3. The summed E-state index contributed by atoms with van der Waals surface area (Å²) >= 11 is 3.75. The minimum absolute atomic E-state index is 0.0534. The van der Waals surface area contributed by atoms with Gasteiger partial charge in [0.1, 0.15) is 0 Å². The molecule has 0 saturated heterocycles. The van der Waals surface area contributed by atoms with Crippen molar-refractivity contribution in [2.45, 2.75) is 139 Å². The molecule has 0 aromatic heterocycles. The summed E-state index contributed by atoms with van der Waals surface area (Å²) in [6, 6.07) is 7.55. The van der Waals surface area contributed by atoms with E-state index in [-0.39, 0.29) is 45.7 Å². The Balaban J connectivity index is 3.32. The summed E-state index contributed by atoms with van der Waals surface area (Å²) in [5.41, 5.74) is 5.26. The number of hydrogen-bond acceptors (Lipinski definition) is 4. The fraction of sp³-hybridized carbons (Fsp3) is 0.838. The van der Waals surface area contributed by atoms with Crippen molar-refractivity contribution in [1.82, 2.24) is 0 Å². The van der Waals surface area contributed by atoms with Crippen LogP contribution in [-0.4, -0.2) is 46.4 Å². The Labute approximate surface area is 265 Å². The maximum Gasteiger partial charge on any atom is 0.0521 e. The molecule has 240 valence electrons. The molecule has 0 bridgehead atoms. The van der Waals surface area contributed by atoms with Gasteiger partial charge in [-0.2, -0.15) is 23.5 Å². The third kappa shape index (κ3) is 14.0. The Bertz CT molecular complexity index is 921. The second-order valence-corrected chi connectivity index (χ2v) is 20.0. The van der Waals surface area contributed by atoms with Crippen LogP contribution in [0.3, 0.4) is 0 Å². The average molecular weight is 609 g/mol. The lowest BCUT2D eigenvalue weighted by molar-refractivity contribution is 0.168. The van der Waals surface area contributed by atoms with E-state index >= 15 is 0 Å². The molecule has 1 atom stereocenters. The van der Waals surface area contributed by atoms with E-state index in [1.807, 2.05) is 23.5 Å². The highest BCUT2D eigenvalue weighted by Gasteiger charge is 2.37. The van der Waals surface area contributed by atoms with Crippen LogP contribution in [0.25, 0.3) is 0 Å². The highest BCUT2D eigenvalue weighted by Crippen LogP contribution is 2.47. The minimum atomic E-state index is 0.0534. The molecule has 0 aliphatic heterocycles. The first-order chi connectivity index (χ1) is 18.5. The van der Waals surface area contributed by atoms with Gasteiger partial charge < -0.3 is 10.2 Å². The smallest absolute Gasteiger partial charge is 0.0521 e. The molecule has 4 heteroatoms. The Morgan fingerprint density at radius 2 is 1.02 bits per heavy atom. The molecule has 41 heavy (non-hydrogen) atoms. The second-order valence-electron chi connectivity index (χ2n) is 17.7. The zero-order valence-electron chi connectivity index (χ0n) is 29.6. The number of thioether (sulfide) groups is 2. The van der Waals surface area contributed by atoms with Crippen molar-refractivity contribution < 1.29 is 10.2 Å². The number of aliphatic hydroxyl groups is 2. The van der Waals surface area contributed by atoms with E-state index in [9.17, 15) is 10.2 Å². The van der Waals surface area contributed by atoms with Crippen LogP contribution in [0.15, 0.2) is 18.2 Å². The summed E-state index contributed by atoms with van der Waals surface area (Å²) < 4.78 is 0. The molecule has 0 amide bonds. The van der Waals surface area contributed by atoms with Gasteiger partial charge in [0.15, 0.2) is 0 Å². The van der Waals surface area contributed by atoms with Gasteiger partial charge in [-0.25, -0.2) is 0 Å². The number of aliphatic hydroxyl groups excluding tert-OH is 2. The SMILES string of the molecule is CC(CSCCO)CC(C)(C)CC(C)(C)c1cc(C(C)(C)C)cc(C(C)(C)CC(C)(C)CC(C)(C)CSCCO)c1. The van der Waals surface area contributed by atoms with E-state index < -0.39 is 0 Å². The molecule has 0 heterocycles. The fourth-order valence-corrected chi connectivity index (χ4v) is 9.43. The van der Waals surface area contributed by atoms with Gasteiger partial charge in [-0.3, -0.25) is 0 Å². The summed E-state index contributed by atoms with van der Waals surface area (Å²) in [7, 11) is 0. The Morgan fingerprint density at radius 1 is 0.585 bits per heavy atom. The molecule has 0 fully saturated rings. The highest BCUT2D eigenvalue weighted by molar-refractivity contribution is 7.99. The molecule has 1 aromatic carbocycles. The summed E-state index contributed by atoms with van der Waals surface area (Å²) in [6.45, 7) is 34.4. The second kappa shape index (κ2) is 15.2. The maximum absolute atomic E-state index is 9.24. The molecule has 2 N–H and O–H groups in total. The zero-order valence-corrected chi connectivity index (χ0v) is 31.2. The summed E-state index contributed by atoms with van der Waals surface area (Å²) in [4.78, 5) is 0. The predicted octanol–water partition coefficient (Wildman–Crippen LogP) is 10.3. The molecule has 2 nitrogen and oxygen atoms in total. The first kappa shape index (κ1) is 38.9. The summed E-state index contributed by atoms with van der Waals surface area (Å²) in [5, 5.41) is 18.4. The molecule has 0 radical (unpaired) electrons. The maximum atomic E-state index is 9.24. The Kier molecular flexibility index (Phi) is 14.4. The largest absolute Gasteiger partial charge is 0.396 e. The van der Waals surface area contributed by atoms with E-state index in [1.165, 1.54) is 29.5 Å². The molecular formula is C37H68O2S2. The van der Waals surface area contributed by atoms with E-state index in [4.69, 9.17) is 0 Å². The van der Waals surface area contributed by atoms with Crippen molar-refractivity contribution in [2.75, 3.05) is 36.2 Å².